The van der Waals surface area contributed by atoms with Crippen LogP contribution in [0.1, 0.15) is 21.5 Å². The van der Waals surface area contributed by atoms with Gasteiger partial charge in [-0.15, -0.1) is 0 Å². The van der Waals surface area contributed by atoms with E-state index in [1.54, 1.807) is 30.3 Å². The van der Waals surface area contributed by atoms with E-state index in [2.05, 4.69) is 9.71 Å². The fraction of sp³-hybridized carbons (Fsp3) is 0.130. The number of halogens is 1. The van der Waals surface area contributed by atoms with Gasteiger partial charge in [-0.1, -0.05) is 52.8 Å². The SMILES string of the molecule is Cc1ccc(S(=O)(=O)Nc2cccc(C(=O)N=c3sc4c(Cl)ccc(C)c4n3C)c2)cc1. The van der Waals surface area contributed by atoms with Crippen molar-refractivity contribution in [3.05, 3.63) is 87.2 Å². The van der Waals surface area contributed by atoms with Gasteiger partial charge in [-0.2, -0.15) is 4.99 Å². The Kier molecular flexibility index (Phi) is 5.94. The zero-order valence-electron chi connectivity index (χ0n) is 17.6. The Bertz CT molecular complexity index is 1520. The van der Waals surface area contributed by atoms with E-state index in [0.717, 1.165) is 21.3 Å². The fourth-order valence-corrected chi connectivity index (χ4v) is 5.73. The van der Waals surface area contributed by atoms with Crippen LogP contribution in [0.5, 0.6) is 0 Å². The molecule has 164 valence electrons. The third-order valence-corrected chi connectivity index (χ3v) is 7.98. The molecule has 0 aliphatic rings. The molecule has 4 aromatic rings. The second kappa shape index (κ2) is 8.54. The summed E-state index contributed by atoms with van der Waals surface area (Å²) in [6.45, 7) is 3.86. The topological polar surface area (TPSA) is 80.5 Å². The number of benzene rings is 3. The standard InChI is InChI=1S/C23H20ClN3O3S2/c1-14-7-10-18(11-8-14)32(29,30)26-17-6-4-5-16(13-17)22(28)25-23-27(3)20-15(2)9-12-19(24)21(20)31-23/h4-13,26H,1-3H3. The van der Waals surface area contributed by atoms with Gasteiger partial charge in [0.25, 0.3) is 15.9 Å². The molecule has 3 aromatic carbocycles. The van der Waals surface area contributed by atoms with Gasteiger partial charge in [0, 0.05) is 18.3 Å². The molecule has 0 bridgehead atoms. The third kappa shape index (κ3) is 4.34. The number of anilines is 1. The summed E-state index contributed by atoms with van der Waals surface area (Å²) < 4.78 is 30.5. The summed E-state index contributed by atoms with van der Waals surface area (Å²) >= 11 is 7.65. The number of nitrogens with zero attached hydrogens (tertiary/aromatic N) is 2. The third-order valence-electron chi connectivity index (χ3n) is 4.99. The summed E-state index contributed by atoms with van der Waals surface area (Å²) in [5.74, 6) is -0.475. The van der Waals surface area contributed by atoms with Crippen molar-refractivity contribution in [1.29, 1.82) is 0 Å². The number of aryl methyl sites for hydroxylation is 3. The maximum atomic E-state index is 12.9. The van der Waals surface area contributed by atoms with E-state index in [-0.39, 0.29) is 16.1 Å². The Labute approximate surface area is 194 Å². The Balaban J connectivity index is 1.67. The number of rotatable bonds is 4. The molecule has 32 heavy (non-hydrogen) atoms. The van der Waals surface area contributed by atoms with Crippen LogP contribution in [0.15, 0.2) is 70.6 Å². The van der Waals surface area contributed by atoms with Crippen molar-refractivity contribution < 1.29 is 13.2 Å². The normalized spacial score (nSPS) is 12.3. The summed E-state index contributed by atoms with van der Waals surface area (Å²) in [6, 6.07) is 16.6. The van der Waals surface area contributed by atoms with Gasteiger partial charge in [0.15, 0.2) is 4.80 Å². The average Bonchev–Trinajstić information content (AvgIpc) is 3.08. The molecule has 4 rings (SSSR count). The molecule has 0 saturated heterocycles. The summed E-state index contributed by atoms with van der Waals surface area (Å²) in [6.07, 6.45) is 0. The summed E-state index contributed by atoms with van der Waals surface area (Å²) in [5.41, 5.74) is 3.47. The zero-order chi connectivity index (χ0) is 23.0. The van der Waals surface area contributed by atoms with Crippen molar-refractivity contribution in [3.8, 4) is 0 Å². The number of hydrogen-bond acceptors (Lipinski definition) is 4. The van der Waals surface area contributed by atoms with Crippen LogP contribution in [0.2, 0.25) is 5.02 Å². The number of carbonyl (C=O) groups is 1. The number of hydrogen-bond donors (Lipinski definition) is 1. The lowest BCUT2D eigenvalue weighted by atomic mass is 10.2. The predicted octanol–water partition coefficient (Wildman–Crippen LogP) is 5.05. The zero-order valence-corrected chi connectivity index (χ0v) is 20.0. The molecule has 1 amide bonds. The van der Waals surface area contributed by atoms with E-state index < -0.39 is 15.9 Å². The lowest BCUT2D eigenvalue weighted by Crippen LogP contribution is -2.15. The van der Waals surface area contributed by atoms with E-state index in [0.29, 0.717) is 9.82 Å². The number of carbonyl (C=O) groups excluding carboxylic acids is 1. The number of fused-ring (bicyclic) bond motifs is 1. The molecule has 0 aliphatic heterocycles. The van der Waals surface area contributed by atoms with E-state index in [4.69, 9.17) is 11.6 Å². The first-order valence-electron chi connectivity index (χ1n) is 9.69. The quantitative estimate of drug-likeness (QED) is 0.439. The molecule has 1 N–H and O–H groups in total. The van der Waals surface area contributed by atoms with Crippen LogP contribution in [0.4, 0.5) is 5.69 Å². The second-order valence-corrected chi connectivity index (χ2v) is 10.5. The fourth-order valence-electron chi connectivity index (χ4n) is 3.31. The van der Waals surface area contributed by atoms with Crippen molar-refractivity contribution >= 4 is 54.8 Å². The van der Waals surface area contributed by atoms with E-state index >= 15 is 0 Å². The van der Waals surface area contributed by atoms with Gasteiger partial charge in [0.05, 0.1) is 20.1 Å². The molecule has 0 spiro atoms. The molecule has 0 aliphatic carbocycles. The van der Waals surface area contributed by atoms with Crippen LogP contribution in [0.25, 0.3) is 10.2 Å². The van der Waals surface area contributed by atoms with Crippen molar-refractivity contribution in [2.45, 2.75) is 18.7 Å². The highest BCUT2D eigenvalue weighted by atomic mass is 35.5. The van der Waals surface area contributed by atoms with Crippen molar-refractivity contribution in [1.82, 2.24) is 4.57 Å². The Hall–Kier alpha value is -2.94. The maximum Gasteiger partial charge on any atom is 0.279 e. The highest BCUT2D eigenvalue weighted by molar-refractivity contribution is 7.92. The summed E-state index contributed by atoms with van der Waals surface area (Å²) in [7, 11) is -1.94. The largest absolute Gasteiger partial charge is 0.319 e. The van der Waals surface area contributed by atoms with Gasteiger partial charge in [0.2, 0.25) is 0 Å². The van der Waals surface area contributed by atoms with E-state index in [1.165, 1.54) is 29.5 Å². The smallest absolute Gasteiger partial charge is 0.279 e. The molecule has 1 heterocycles. The first-order valence-corrected chi connectivity index (χ1v) is 12.4. The monoisotopic (exact) mass is 485 g/mol. The number of aromatic nitrogens is 1. The molecule has 0 radical (unpaired) electrons. The molecular weight excluding hydrogens is 466 g/mol. The minimum atomic E-state index is -3.77. The molecule has 0 unspecified atom stereocenters. The minimum Gasteiger partial charge on any atom is -0.319 e. The van der Waals surface area contributed by atoms with Gasteiger partial charge >= 0.3 is 0 Å². The van der Waals surface area contributed by atoms with Gasteiger partial charge < -0.3 is 4.57 Å². The van der Waals surface area contributed by atoms with Crippen LogP contribution >= 0.6 is 22.9 Å². The first kappa shape index (κ1) is 22.3. The van der Waals surface area contributed by atoms with Crippen LogP contribution in [0, 0.1) is 13.8 Å². The van der Waals surface area contributed by atoms with Crippen LogP contribution in [0.3, 0.4) is 0 Å². The average molecular weight is 486 g/mol. The molecule has 1 aromatic heterocycles. The minimum absolute atomic E-state index is 0.147. The predicted molar refractivity (Wildman–Crippen MR) is 129 cm³/mol. The van der Waals surface area contributed by atoms with Crippen molar-refractivity contribution in [2.24, 2.45) is 12.0 Å². The molecular formula is C23H20ClN3O3S2. The van der Waals surface area contributed by atoms with E-state index in [1.807, 2.05) is 37.6 Å². The lowest BCUT2D eigenvalue weighted by molar-refractivity contribution is 0.0998. The van der Waals surface area contributed by atoms with Crippen LogP contribution < -0.4 is 9.52 Å². The first-order chi connectivity index (χ1) is 15.2. The van der Waals surface area contributed by atoms with Gasteiger partial charge in [0.1, 0.15) is 0 Å². The van der Waals surface area contributed by atoms with Gasteiger partial charge in [-0.05, 0) is 55.8 Å². The van der Waals surface area contributed by atoms with E-state index in [9.17, 15) is 13.2 Å². The van der Waals surface area contributed by atoms with Crippen molar-refractivity contribution in [3.63, 3.8) is 0 Å². The number of thiazole rings is 1. The highest BCUT2D eigenvalue weighted by Gasteiger charge is 2.15. The highest BCUT2D eigenvalue weighted by Crippen LogP contribution is 2.28. The summed E-state index contributed by atoms with van der Waals surface area (Å²) in [5, 5.41) is 0.604. The number of sulfonamides is 1. The van der Waals surface area contributed by atoms with Gasteiger partial charge in [-0.3, -0.25) is 9.52 Å². The second-order valence-electron chi connectivity index (χ2n) is 7.40. The van der Waals surface area contributed by atoms with Crippen molar-refractivity contribution in [2.75, 3.05) is 4.72 Å². The van der Waals surface area contributed by atoms with Crippen LogP contribution in [-0.4, -0.2) is 18.9 Å². The molecule has 9 heteroatoms. The number of amides is 1. The molecule has 0 atom stereocenters. The Morgan fingerprint density at radius 2 is 1.78 bits per heavy atom. The Morgan fingerprint density at radius 3 is 2.47 bits per heavy atom. The molecule has 0 saturated carbocycles. The van der Waals surface area contributed by atoms with Crippen LogP contribution in [-0.2, 0) is 17.1 Å². The molecule has 0 fully saturated rings. The Morgan fingerprint density at radius 1 is 1.06 bits per heavy atom. The lowest BCUT2D eigenvalue weighted by Gasteiger charge is -2.09. The van der Waals surface area contributed by atoms with Gasteiger partial charge in [-0.25, -0.2) is 8.42 Å². The maximum absolute atomic E-state index is 12.9. The molecule has 6 nitrogen and oxygen atoms in total. The summed E-state index contributed by atoms with van der Waals surface area (Å²) in [4.78, 5) is 17.8. The number of nitrogens with one attached hydrogen (secondary N) is 1.